The predicted molar refractivity (Wildman–Crippen MR) is 89.1 cm³/mol. The zero-order chi connectivity index (χ0) is 15.8. The Hall–Kier alpha value is -1.16. The number of sulfonamides is 1. The zero-order valence-electron chi connectivity index (χ0n) is 10.7. The van der Waals surface area contributed by atoms with Gasteiger partial charge in [0.2, 0.25) is 0 Å². The first-order valence-corrected chi connectivity index (χ1v) is 8.58. The Morgan fingerprint density at radius 3 is 2.76 bits per heavy atom. The topological polar surface area (TPSA) is 90.0 Å². The van der Waals surface area contributed by atoms with Crippen molar-refractivity contribution in [1.29, 1.82) is 0 Å². The minimum atomic E-state index is -3.89. The average molecular weight is 410 g/mol. The number of nitrogens with zero attached hydrogens (tertiary/aromatic N) is 2. The van der Waals surface area contributed by atoms with E-state index >= 15 is 0 Å². The highest BCUT2D eigenvalue weighted by Gasteiger charge is 2.22. The number of nitrogens with one attached hydrogen (secondary N) is 1. The van der Waals surface area contributed by atoms with Crippen LogP contribution >= 0.6 is 39.7 Å². The largest absolute Gasteiger partial charge is 0.389 e. The first kappa shape index (κ1) is 16.2. The molecule has 6 nitrogen and oxygen atoms in total. The first-order chi connectivity index (χ1) is 9.72. The molecule has 2 aromatic rings. The highest BCUT2D eigenvalue weighted by atomic mass is 79.9. The minimum absolute atomic E-state index is 0.0442. The Kier molecular flexibility index (Phi) is 4.57. The molecule has 0 aliphatic carbocycles. The number of anilines is 1. The maximum absolute atomic E-state index is 12.4. The average Bonchev–Trinajstić information content (AvgIpc) is 2.70. The molecule has 0 aliphatic rings. The SMILES string of the molecule is Cn1ncc(C(N)=S)c1NS(=O)(=O)c1ccc(Br)cc1Cl. The van der Waals surface area contributed by atoms with Gasteiger partial charge in [-0.25, -0.2) is 8.42 Å². The normalized spacial score (nSPS) is 11.4. The fourth-order valence-electron chi connectivity index (χ4n) is 1.61. The molecular formula is C11H10BrClN4O2S2. The van der Waals surface area contributed by atoms with E-state index in [4.69, 9.17) is 29.6 Å². The lowest BCUT2D eigenvalue weighted by Gasteiger charge is -2.11. The van der Waals surface area contributed by atoms with Gasteiger partial charge in [-0.3, -0.25) is 9.40 Å². The van der Waals surface area contributed by atoms with Crippen molar-refractivity contribution in [2.24, 2.45) is 12.8 Å². The van der Waals surface area contributed by atoms with Crippen LogP contribution in [0.4, 0.5) is 5.82 Å². The van der Waals surface area contributed by atoms with Crippen LogP contribution in [0.25, 0.3) is 0 Å². The van der Waals surface area contributed by atoms with Gasteiger partial charge in [0.1, 0.15) is 15.7 Å². The van der Waals surface area contributed by atoms with Crippen molar-refractivity contribution in [2.75, 3.05) is 4.72 Å². The van der Waals surface area contributed by atoms with E-state index in [1.807, 2.05) is 0 Å². The molecule has 0 saturated heterocycles. The molecular weight excluding hydrogens is 400 g/mol. The summed E-state index contributed by atoms with van der Waals surface area (Å²) in [6.07, 6.45) is 1.39. The van der Waals surface area contributed by atoms with Crippen LogP contribution in [0.2, 0.25) is 5.02 Å². The fraction of sp³-hybridized carbons (Fsp3) is 0.0909. The number of benzene rings is 1. The molecule has 1 aromatic heterocycles. The third kappa shape index (κ3) is 3.37. The van der Waals surface area contributed by atoms with E-state index in [0.717, 1.165) is 0 Å². The summed E-state index contributed by atoms with van der Waals surface area (Å²) in [5.74, 6) is 0.182. The van der Waals surface area contributed by atoms with E-state index in [2.05, 4.69) is 25.8 Å². The van der Waals surface area contributed by atoms with Crippen molar-refractivity contribution in [2.45, 2.75) is 4.90 Å². The summed E-state index contributed by atoms with van der Waals surface area (Å²) in [4.78, 5) is -0.00911. The quantitative estimate of drug-likeness (QED) is 0.756. The number of aryl methyl sites for hydroxylation is 1. The zero-order valence-corrected chi connectivity index (χ0v) is 14.6. The molecule has 0 atom stereocenters. The standard InChI is InChI=1S/C11H10BrClN4O2S2/c1-17-11(7(5-15-17)10(14)20)16-21(18,19)9-3-2-6(12)4-8(9)13/h2-5,16H,1H3,(H2,14,20). The molecule has 21 heavy (non-hydrogen) atoms. The van der Waals surface area contributed by atoms with Crippen LogP contribution in [0.15, 0.2) is 33.8 Å². The van der Waals surface area contributed by atoms with Crippen LogP contribution < -0.4 is 10.5 Å². The van der Waals surface area contributed by atoms with Crippen LogP contribution in [-0.2, 0) is 17.1 Å². The van der Waals surface area contributed by atoms with Gasteiger partial charge in [0, 0.05) is 11.5 Å². The van der Waals surface area contributed by atoms with Crippen molar-refractivity contribution in [3.05, 3.63) is 39.5 Å². The van der Waals surface area contributed by atoms with Crippen LogP contribution in [0.5, 0.6) is 0 Å². The summed E-state index contributed by atoms with van der Waals surface area (Å²) < 4.78 is 29.3. The van der Waals surface area contributed by atoms with E-state index < -0.39 is 10.0 Å². The van der Waals surface area contributed by atoms with E-state index in [-0.39, 0.29) is 20.7 Å². The maximum atomic E-state index is 12.4. The molecule has 0 unspecified atom stereocenters. The Morgan fingerprint density at radius 2 is 2.19 bits per heavy atom. The van der Waals surface area contributed by atoms with Gasteiger partial charge in [0.15, 0.2) is 0 Å². The summed E-state index contributed by atoms with van der Waals surface area (Å²) in [5.41, 5.74) is 5.88. The monoisotopic (exact) mass is 408 g/mol. The van der Waals surface area contributed by atoms with E-state index in [0.29, 0.717) is 10.0 Å². The lowest BCUT2D eigenvalue weighted by molar-refractivity contribution is 0.600. The van der Waals surface area contributed by atoms with E-state index in [1.165, 1.54) is 23.0 Å². The molecule has 0 amide bonds. The third-order valence-electron chi connectivity index (χ3n) is 2.62. The number of hydrogen-bond acceptors (Lipinski definition) is 4. The van der Waals surface area contributed by atoms with Gasteiger partial charge < -0.3 is 5.73 Å². The van der Waals surface area contributed by atoms with Gasteiger partial charge in [-0.2, -0.15) is 5.10 Å². The molecule has 1 heterocycles. The predicted octanol–water partition coefficient (Wildman–Crippen LogP) is 2.27. The lowest BCUT2D eigenvalue weighted by Crippen LogP contribution is -2.19. The summed E-state index contributed by atoms with van der Waals surface area (Å²) in [6.45, 7) is 0. The van der Waals surface area contributed by atoms with Gasteiger partial charge in [0.05, 0.1) is 16.8 Å². The van der Waals surface area contributed by atoms with Gasteiger partial charge >= 0.3 is 0 Å². The highest BCUT2D eigenvalue weighted by molar-refractivity contribution is 9.10. The van der Waals surface area contributed by atoms with Crippen molar-refractivity contribution in [1.82, 2.24) is 9.78 Å². The molecule has 0 fully saturated rings. The summed E-state index contributed by atoms with van der Waals surface area (Å²) >= 11 is 14.1. The van der Waals surface area contributed by atoms with Gasteiger partial charge in [-0.15, -0.1) is 0 Å². The third-order valence-corrected chi connectivity index (χ3v) is 5.15. The second-order valence-electron chi connectivity index (χ2n) is 4.07. The molecule has 3 N–H and O–H groups in total. The van der Waals surface area contributed by atoms with Crippen molar-refractivity contribution in [3.8, 4) is 0 Å². The van der Waals surface area contributed by atoms with Crippen LogP contribution in [0.3, 0.4) is 0 Å². The number of rotatable bonds is 4. The molecule has 0 bridgehead atoms. The second kappa shape index (κ2) is 5.91. The lowest BCUT2D eigenvalue weighted by atomic mass is 10.3. The smallest absolute Gasteiger partial charge is 0.264 e. The van der Waals surface area contributed by atoms with Crippen molar-refractivity contribution in [3.63, 3.8) is 0 Å². The molecule has 0 saturated carbocycles. The fourth-order valence-corrected chi connectivity index (χ4v) is 3.91. The number of halogens is 2. The molecule has 2 rings (SSSR count). The van der Waals surface area contributed by atoms with E-state index in [1.54, 1.807) is 13.1 Å². The highest BCUT2D eigenvalue weighted by Crippen LogP contribution is 2.27. The Bertz CT molecular complexity index is 820. The van der Waals surface area contributed by atoms with Crippen molar-refractivity contribution >= 4 is 60.6 Å². The first-order valence-electron chi connectivity index (χ1n) is 5.52. The summed E-state index contributed by atoms with van der Waals surface area (Å²) in [6, 6.07) is 4.47. The van der Waals surface area contributed by atoms with Crippen LogP contribution in [0, 0.1) is 0 Å². The van der Waals surface area contributed by atoms with Crippen molar-refractivity contribution < 1.29 is 8.42 Å². The molecule has 0 spiro atoms. The van der Waals surface area contributed by atoms with Crippen LogP contribution in [0.1, 0.15) is 5.56 Å². The van der Waals surface area contributed by atoms with Gasteiger partial charge in [-0.1, -0.05) is 39.7 Å². The minimum Gasteiger partial charge on any atom is -0.389 e. The second-order valence-corrected chi connectivity index (χ2v) is 7.49. The molecule has 10 heteroatoms. The molecule has 1 aromatic carbocycles. The number of aromatic nitrogens is 2. The van der Waals surface area contributed by atoms with Gasteiger partial charge in [0.25, 0.3) is 10.0 Å². The van der Waals surface area contributed by atoms with Crippen LogP contribution in [-0.4, -0.2) is 23.2 Å². The molecule has 0 aliphatic heterocycles. The number of thiocarbonyl (C=S) groups is 1. The maximum Gasteiger partial charge on any atom is 0.264 e. The summed E-state index contributed by atoms with van der Waals surface area (Å²) in [7, 11) is -2.32. The molecule has 112 valence electrons. The van der Waals surface area contributed by atoms with Gasteiger partial charge in [-0.05, 0) is 18.2 Å². The Labute approximate surface area is 140 Å². The summed E-state index contributed by atoms with van der Waals surface area (Å²) in [5, 5.41) is 4.03. The Morgan fingerprint density at radius 1 is 1.52 bits per heavy atom. The van der Waals surface area contributed by atoms with E-state index in [9.17, 15) is 8.42 Å². The molecule has 0 radical (unpaired) electrons. The number of hydrogen-bond donors (Lipinski definition) is 2. The number of nitrogens with two attached hydrogens (primary N) is 1. The Balaban J connectivity index is 2.47.